The number of aliphatic carboxylic acids is 1. The van der Waals surface area contributed by atoms with Gasteiger partial charge in [-0.25, -0.2) is 0 Å². The van der Waals surface area contributed by atoms with Crippen molar-refractivity contribution in [1.29, 1.82) is 0 Å². The van der Waals surface area contributed by atoms with Crippen LogP contribution in [0, 0.1) is 5.92 Å². The summed E-state index contributed by atoms with van der Waals surface area (Å²) in [5, 5.41) is 8.28. The van der Waals surface area contributed by atoms with Gasteiger partial charge in [-0.3, -0.25) is 4.79 Å². The summed E-state index contributed by atoms with van der Waals surface area (Å²) in [5.74, 6) is 0.0255. The van der Waals surface area contributed by atoms with Gasteiger partial charge in [0.15, 0.2) is 0 Å². The minimum Gasteiger partial charge on any atom is 0 e. The first-order valence-electron chi connectivity index (χ1n) is 3.84. The minimum absolute atomic E-state index is 0. The minimum atomic E-state index is -0.677. The SMILES string of the molecule is CC(C)CCCCC(=O)O.[BiH3].[Zn]. The Morgan fingerprint density at radius 3 is 2.17 bits per heavy atom. The van der Waals surface area contributed by atoms with E-state index in [9.17, 15) is 4.79 Å². The Kier molecular flexibility index (Phi) is 18.7. The van der Waals surface area contributed by atoms with Crippen LogP contribution in [-0.2, 0) is 24.3 Å². The van der Waals surface area contributed by atoms with Crippen molar-refractivity contribution < 1.29 is 29.4 Å². The van der Waals surface area contributed by atoms with E-state index in [1.807, 2.05) is 0 Å². The molecule has 0 radical (unpaired) electrons. The molecule has 0 unspecified atom stereocenters. The largest absolute Gasteiger partial charge is 0 e. The summed E-state index contributed by atoms with van der Waals surface area (Å²) in [4.78, 5) is 10.0. The van der Waals surface area contributed by atoms with Gasteiger partial charge in [0.1, 0.15) is 0 Å². The normalized spacial score (nSPS) is 8.58. The fourth-order valence-corrected chi connectivity index (χ4v) is 0.829. The molecule has 2 nitrogen and oxygen atoms in total. The first-order valence-corrected chi connectivity index (χ1v) is 3.84. The fraction of sp³-hybridized carbons (Fsp3) is 0.875. The van der Waals surface area contributed by atoms with Gasteiger partial charge in [-0.2, -0.15) is 0 Å². The van der Waals surface area contributed by atoms with Crippen LogP contribution in [-0.4, -0.2) is 37.3 Å². The van der Waals surface area contributed by atoms with E-state index in [1.165, 1.54) is 0 Å². The molecule has 0 aliphatic carbocycles. The third kappa shape index (κ3) is 17.2. The smallest absolute Gasteiger partial charge is 0 e. The van der Waals surface area contributed by atoms with E-state index in [-0.39, 0.29) is 45.7 Å². The molecule has 0 rings (SSSR count). The van der Waals surface area contributed by atoms with Gasteiger partial charge in [0.25, 0.3) is 0 Å². The van der Waals surface area contributed by atoms with Crippen molar-refractivity contribution >= 4 is 32.2 Å². The van der Waals surface area contributed by atoms with Crippen LogP contribution < -0.4 is 0 Å². The van der Waals surface area contributed by atoms with Crippen LogP contribution in [0.3, 0.4) is 0 Å². The maximum absolute atomic E-state index is 10.0. The molecule has 70 valence electrons. The average Bonchev–Trinajstić information content (AvgIpc) is 1.79. The molecule has 12 heavy (non-hydrogen) atoms. The molecule has 0 aliphatic rings. The Balaban J connectivity index is -0.000000405. The molecule has 0 bridgehead atoms. The number of carbonyl (C=O) groups is 1. The Morgan fingerprint density at radius 2 is 1.83 bits per heavy atom. The van der Waals surface area contributed by atoms with Gasteiger partial charge in [-0.05, 0) is 12.3 Å². The predicted octanol–water partition coefficient (Wildman–Crippen LogP) is 1.10. The number of hydrogen-bond donors (Lipinski definition) is 1. The standard InChI is InChI=1S/C8H16O2.Bi.Zn.3H/c1-7(2)5-3-4-6-8(9)10;;;;;/h7H,3-6H2,1-2H3,(H,9,10);;;;;. The third-order valence-electron chi connectivity index (χ3n) is 1.42. The van der Waals surface area contributed by atoms with Crippen molar-refractivity contribution in [2.45, 2.75) is 39.5 Å². The van der Waals surface area contributed by atoms with Crippen LogP contribution in [0.4, 0.5) is 0 Å². The van der Waals surface area contributed by atoms with Crippen molar-refractivity contribution in [3.05, 3.63) is 0 Å². The Hall–Kier alpha value is 0.976. The number of rotatable bonds is 5. The molecule has 4 heteroatoms. The zero-order valence-electron chi connectivity index (χ0n) is 8.18. The van der Waals surface area contributed by atoms with Crippen LogP contribution in [0.15, 0.2) is 0 Å². The van der Waals surface area contributed by atoms with Gasteiger partial charge >= 0.3 is 32.2 Å². The molecule has 0 saturated carbocycles. The Bertz CT molecular complexity index is 107. The second-order valence-electron chi connectivity index (χ2n) is 3.03. The van der Waals surface area contributed by atoms with Crippen molar-refractivity contribution in [2.24, 2.45) is 5.92 Å². The Morgan fingerprint density at radius 1 is 1.33 bits per heavy atom. The zero-order chi connectivity index (χ0) is 7.98. The van der Waals surface area contributed by atoms with Gasteiger partial charge < -0.3 is 5.11 Å². The molecule has 0 aromatic carbocycles. The first-order chi connectivity index (χ1) is 4.63. The molecular weight excluding hydrogens is 402 g/mol. The molecular formula is C8H19BiO2Zn. The van der Waals surface area contributed by atoms with Crippen molar-refractivity contribution in [1.82, 2.24) is 0 Å². The maximum atomic E-state index is 10.0. The molecule has 0 heterocycles. The summed E-state index contributed by atoms with van der Waals surface area (Å²) >= 11 is 0. The predicted molar refractivity (Wildman–Crippen MR) is 50.9 cm³/mol. The van der Waals surface area contributed by atoms with E-state index in [0.717, 1.165) is 19.3 Å². The molecule has 1 N–H and O–H groups in total. The van der Waals surface area contributed by atoms with Crippen molar-refractivity contribution in [3.63, 3.8) is 0 Å². The maximum Gasteiger partial charge on any atom is 0 e. The zero-order valence-corrected chi connectivity index (χ0v) is 16.6. The molecule has 0 saturated heterocycles. The quantitative estimate of drug-likeness (QED) is 0.533. The Labute approximate surface area is 106 Å². The van der Waals surface area contributed by atoms with Gasteiger partial charge in [-0.1, -0.05) is 26.7 Å². The van der Waals surface area contributed by atoms with E-state index in [1.54, 1.807) is 0 Å². The summed E-state index contributed by atoms with van der Waals surface area (Å²) in [6, 6.07) is 0. The molecule has 0 spiro atoms. The number of unbranched alkanes of at least 4 members (excludes halogenated alkanes) is 1. The topological polar surface area (TPSA) is 37.3 Å². The summed E-state index contributed by atoms with van der Waals surface area (Å²) in [6.07, 6.45) is 3.34. The van der Waals surface area contributed by atoms with E-state index < -0.39 is 5.97 Å². The van der Waals surface area contributed by atoms with E-state index >= 15 is 0 Å². The molecule has 0 aliphatic heterocycles. The van der Waals surface area contributed by atoms with Crippen LogP contribution in [0.2, 0.25) is 0 Å². The fourth-order valence-electron chi connectivity index (χ4n) is 0.829. The van der Waals surface area contributed by atoms with E-state index in [4.69, 9.17) is 5.11 Å². The third-order valence-corrected chi connectivity index (χ3v) is 1.42. The molecule has 0 aromatic heterocycles. The summed E-state index contributed by atoms with van der Waals surface area (Å²) in [7, 11) is 0. The van der Waals surface area contributed by atoms with E-state index in [0.29, 0.717) is 12.3 Å². The van der Waals surface area contributed by atoms with Crippen LogP contribution in [0.5, 0.6) is 0 Å². The summed E-state index contributed by atoms with van der Waals surface area (Å²) in [6.45, 7) is 4.31. The van der Waals surface area contributed by atoms with Gasteiger partial charge in [-0.15, -0.1) is 0 Å². The molecule has 0 aromatic rings. The van der Waals surface area contributed by atoms with Crippen molar-refractivity contribution in [3.8, 4) is 0 Å². The number of hydrogen-bond acceptors (Lipinski definition) is 1. The molecule has 0 fully saturated rings. The molecule has 0 amide bonds. The second kappa shape index (κ2) is 12.0. The average molecular weight is 422 g/mol. The number of carboxylic acid groups (broad SMARTS) is 1. The van der Waals surface area contributed by atoms with Crippen LogP contribution >= 0.6 is 0 Å². The van der Waals surface area contributed by atoms with Crippen LogP contribution in [0.1, 0.15) is 39.5 Å². The first kappa shape index (κ1) is 18.7. The van der Waals surface area contributed by atoms with E-state index in [2.05, 4.69) is 13.8 Å². The van der Waals surface area contributed by atoms with Gasteiger partial charge in [0.05, 0.1) is 0 Å². The van der Waals surface area contributed by atoms with Crippen LogP contribution in [0.25, 0.3) is 0 Å². The van der Waals surface area contributed by atoms with Crippen molar-refractivity contribution in [2.75, 3.05) is 0 Å². The number of carboxylic acids is 1. The molecule has 0 atom stereocenters. The van der Waals surface area contributed by atoms with Gasteiger partial charge in [0.2, 0.25) is 0 Å². The second-order valence-corrected chi connectivity index (χ2v) is 3.03. The van der Waals surface area contributed by atoms with Gasteiger partial charge in [0, 0.05) is 25.9 Å². The summed E-state index contributed by atoms with van der Waals surface area (Å²) < 4.78 is 0. The monoisotopic (exact) mass is 420 g/mol. The summed E-state index contributed by atoms with van der Waals surface area (Å²) in [5.41, 5.74) is 0.